The van der Waals surface area contributed by atoms with Crippen LogP contribution in [0.5, 0.6) is 0 Å². The predicted octanol–water partition coefficient (Wildman–Crippen LogP) is 1.10. The molecule has 1 aromatic rings. The summed E-state index contributed by atoms with van der Waals surface area (Å²) >= 11 is 1.75. The fourth-order valence-electron chi connectivity index (χ4n) is 4.87. The van der Waals surface area contributed by atoms with E-state index in [0.29, 0.717) is 12.0 Å². The van der Waals surface area contributed by atoms with Gasteiger partial charge >= 0.3 is 0 Å². The van der Waals surface area contributed by atoms with Gasteiger partial charge in [0.1, 0.15) is 5.01 Å². The molecule has 4 heterocycles. The second-order valence-corrected chi connectivity index (χ2v) is 9.06. The van der Waals surface area contributed by atoms with Crippen LogP contribution in [0.3, 0.4) is 0 Å². The normalized spacial score (nSPS) is 31.7. The summed E-state index contributed by atoms with van der Waals surface area (Å²) < 4.78 is 0. The molecule has 0 unspecified atom stereocenters. The summed E-state index contributed by atoms with van der Waals surface area (Å²) in [5.74, 6) is 0.705. The maximum absolute atomic E-state index is 10.2. The molecule has 4 rings (SSSR count). The average molecular weight is 337 g/mol. The molecule has 0 radical (unpaired) electrons. The zero-order valence-electron chi connectivity index (χ0n) is 14.2. The summed E-state index contributed by atoms with van der Waals surface area (Å²) in [5, 5.41) is 13.4. The summed E-state index contributed by atoms with van der Waals surface area (Å²) in [6.07, 6.45) is 2.71. The van der Waals surface area contributed by atoms with Crippen LogP contribution >= 0.6 is 11.3 Å². The number of hydrogen-bond donors (Lipinski definition) is 1. The van der Waals surface area contributed by atoms with Crippen molar-refractivity contribution in [2.45, 2.75) is 44.5 Å². The minimum Gasteiger partial charge on any atom is -0.392 e. The van der Waals surface area contributed by atoms with Gasteiger partial charge in [-0.3, -0.25) is 14.7 Å². The van der Waals surface area contributed by atoms with Gasteiger partial charge < -0.3 is 5.11 Å². The Morgan fingerprint density at radius 1 is 1.30 bits per heavy atom. The fraction of sp³-hybridized carbons (Fsp3) is 0.824. The SMILES string of the molecule is CC(C)CN1C[C@H]2C[C@@H](O)CN2C2(C1)CN(Cc1nccs1)C2. The second kappa shape index (κ2) is 6.08. The van der Waals surface area contributed by atoms with Gasteiger partial charge in [-0.25, -0.2) is 4.98 Å². The first kappa shape index (κ1) is 16.0. The van der Waals surface area contributed by atoms with E-state index in [4.69, 9.17) is 0 Å². The van der Waals surface area contributed by atoms with Crippen LogP contribution in [0.1, 0.15) is 25.3 Å². The smallest absolute Gasteiger partial charge is 0.107 e. The molecule has 1 spiro atoms. The Bertz CT molecular complexity index is 529. The van der Waals surface area contributed by atoms with Gasteiger partial charge in [-0.2, -0.15) is 0 Å². The van der Waals surface area contributed by atoms with Crippen molar-refractivity contribution in [1.82, 2.24) is 19.7 Å². The summed E-state index contributed by atoms with van der Waals surface area (Å²) in [6.45, 7) is 12.1. The number of fused-ring (bicyclic) bond motifs is 2. The first-order chi connectivity index (χ1) is 11.0. The highest BCUT2D eigenvalue weighted by Gasteiger charge is 2.55. The molecule has 23 heavy (non-hydrogen) atoms. The maximum atomic E-state index is 10.2. The standard InChI is InChI=1S/C17H28N4OS/c1-13(2)6-19-7-14-5-15(22)8-21(14)17(10-19)11-20(12-17)9-16-18-3-4-23-16/h3-4,13-15,22H,5-12H2,1-2H3/t14-,15-/m1/s1. The van der Waals surface area contributed by atoms with Crippen molar-refractivity contribution in [3.63, 3.8) is 0 Å². The van der Waals surface area contributed by atoms with Crippen molar-refractivity contribution in [2.75, 3.05) is 39.3 Å². The minimum absolute atomic E-state index is 0.135. The van der Waals surface area contributed by atoms with Crippen LogP contribution in [0.25, 0.3) is 0 Å². The number of β-amino-alcohol motifs (C(OH)–C–C–N with tert-alkyl or cyclic N) is 1. The lowest BCUT2D eigenvalue weighted by atomic mass is 9.83. The van der Waals surface area contributed by atoms with Gasteiger partial charge in [0.05, 0.1) is 18.2 Å². The summed E-state index contributed by atoms with van der Waals surface area (Å²) in [4.78, 5) is 12.2. The Morgan fingerprint density at radius 2 is 2.09 bits per heavy atom. The fourth-order valence-corrected chi connectivity index (χ4v) is 5.53. The van der Waals surface area contributed by atoms with Crippen LogP contribution in [0.15, 0.2) is 11.6 Å². The molecule has 3 aliphatic heterocycles. The molecular formula is C17H28N4OS. The lowest BCUT2D eigenvalue weighted by Gasteiger charge is -2.61. The lowest BCUT2D eigenvalue weighted by Crippen LogP contribution is -2.77. The van der Waals surface area contributed by atoms with E-state index < -0.39 is 0 Å². The van der Waals surface area contributed by atoms with Gasteiger partial charge in [0.15, 0.2) is 0 Å². The Morgan fingerprint density at radius 3 is 2.78 bits per heavy atom. The van der Waals surface area contributed by atoms with Crippen LogP contribution in [0.4, 0.5) is 0 Å². The summed E-state index contributed by atoms with van der Waals surface area (Å²) in [6, 6.07) is 0.541. The molecule has 1 N–H and O–H groups in total. The van der Waals surface area contributed by atoms with Crippen molar-refractivity contribution in [3.05, 3.63) is 16.6 Å². The summed E-state index contributed by atoms with van der Waals surface area (Å²) in [7, 11) is 0. The number of hydrogen-bond acceptors (Lipinski definition) is 6. The molecule has 6 heteroatoms. The molecule has 0 bridgehead atoms. The van der Waals surface area contributed by atoms with Gasteiger partial charge in [0.2, 0.25) is 0 Å². The minimum atomic E-state index is -0.135. The van der Waals surface area contributed by atoms with Crippen molar-refractivity contribution in [3.8, 4) is 0 Å². The number of likely N-dealkylation sites (tertiary alicyclic amines) is 1. The second-order valence-electron chi connectivity index (χ2n) is 8.08. The molecule has 1 aromatic heterocycles. The molecule has 0 aromatic carbocycles. The first-order valence-electron chi connectivity index (χ1n) is 8.82. The van der Waals surface area contributed by atoms with E-state index in [1.165, 1.54) is 11.6 Å². The van der Waals surface area contributed by atoms with Gasteiger partial charge in [-0.1, -0.05) is 13.8 Å². The predicted molar refractivity (Wildman–Crippen MR) is 92.5 cm³/mol. The molecule has 3 saturated heterocycles. The Hall–Kier alpha value is -0.530. The highest BCUT2D eigenvalue weighted by atomic mass is 32.1. The zero-order valence-corrected chi connectivity index (χ0v) is 15.0. The van der Waals surface area contributed by atoms with Gasteiger partial charge in [-0.15, -0.1) is 11.3 Å². The lowest BCUT2D eigenvalue weighted by molar-refractivity contribution is -0.117. The highest BCUT2D eigenvalue weighted by molar-refractivity contribution is 7.09. The van der Waals surface area contributed by atoms with Gasteiger partial charge in [-0.05, 0) is 12.3 Å². The van der Waals surface area contributed by atoms with Crippen LogP contribution in [-0.4, -0.2) is 81.7 Å². The van der Waals surface area contributed by atoms with Crippen LogP contribution < -0.4 is 0 Å². The van der Waals surface area contributed by atoms with E-state index in [1.807, 2.05) is 6.20 Å². The van der Waals surface area contributed by atoms with E-state index in [0.717, 1.165) is 45.7 Å². The van der Waals surface area contributed by atoms with Crippen molar-refractivity contribution in [1.29, 1.82) is 0 Å². The molecule has 3 fully saturated rings. The molecule has 5 nitrogen and oxygen atoms in total. The Balaban J connectivity index is 1.45. The maximum Gasteiger partial charge on any atom is 0.107 e. The monoisotopic (exact) mass is 336 g/mol. The Labute approximate surface area is 142 Å². The van der Waals surface area contributed by atoms with Crippen LogP contribution in [-0.2, 0) is 6.54 Å². The summed E-state index contributed by atoms with van der Waals surface area (Å²) in [5.41, 5.74) is 0.256. The van der Waals surface area contributed by atoms with E-state index in [-0.39, 0.29) is 11.6 Å². The third-order valence-electron chi connectivity index (χ3n) is 5.49. The van der Waals surface area contributed by atoms with Crippen molar-refractivity contribution >= 4 is 11.3 Å². The third kappa shape index (κ3) is 3.07. The highest BCUT2D eigenvalue weighted by Crippen LogP contribution is 2.39. The first-order valence-corrected chi connectivity index (χ1v) is 9.70. The number of aromatic nitrogens is 1. The largest absolute Gasteiger partial charge is 0.392 e. The van der Waals surface area contributed by atoms with Gasteiger partial charge in [0.25, 0.3) is 0 Å². The molecule has 3 aliphatic rings. The van der Waals surface area contributed by atoms with Crippen molar-refractivity contribution < 1.29 is 5.11 Å². The van der Waals surface area contributed by atoms with Crippen LogP contribution in [0, 0.1) is 5.92 Å². The van der Waals surface area contributed by atoms with E-state index in [9.17, 15) is 5.11 Å². The van der Waals surface area contributed by atoms with Gasteiger partial charge in [0, 0.05) is 56.9 Å². The number of nitrogens with zero attached hydrogens (tertiary/aromatic N) is 4. The quantitative estimate of drug-likeness (QED) is 0.892. The molecule has 0 aliphatic carbocycles. The average Bonchev–Trinajstić information content (AvgIpc) is 3.04. The third-order valence-corrected chi connectivity index (χ3v) is 6.25. The molecule has 0 amide bonds. The van der Waals surface area contributed by atoms with E-state index >= 15 is 0 Å². The number of thiazole rings is 1. The molecule has 0 saturated carbocycles. The van der Waals surface area contributed by atoms with Crippen molar-refractivity contribution in [2.24, 2.45) is 5.92 Å². The topological polar surface area (TPSA) is 42.8 Å². The van der Waals surface area contributed by atoms with E-state index in [2.05, 4.69) is 38.9 Å². The number of piperazine rings is 1. The molecule has 2 atom stereocenters. The molecule has 128 valence electrons. The number of aliphatic hydroxyl groups is 1. The Kier molecular flexibility index (Phi) is 4.22. The number of rotatable bonds is 4. The number of aliphatic hydroxyl groups excluding tert-OH is 1. The molecular weight excluding hydrogens is 308 g/mol. The zero-order chi connectivity index (χ0) is 16.0. The van der Waals surface area contributed by atoms with E-state index in [1.54, 1.807) is 11.3 Å². The van der Waals surface area contributed by atoms with Crippen LogP contribution in [0.2, 0.25) is 0 Å².